The van der Waals surface area contributed by atoms with Gasteiger partial charge in [-0.15, -0.1) is 0 Å². The standard InChI is InChI=1S/C13H9BrF3N3O2/c14-8-4-2-1-3-7(8)9-5-11(20-19-9)18-12(22)6-10(21)13(15,16)17/h1-5H,6H2,(H2,18,19,20,22). The van der Waals surface area contributed by atoms with Crippen molar-refractivity contribution in [3.05, 3.63) is 34.8 Å². The van der Waals surface area contributed by atoms with E-state index in [-0.39, 0.29) is 5.82 Å². The molecule has 0 bridgehead atoms. The van der Waals surface area contributed by atoms with Crippen LogP contribution in [0.15, 0.2) is 34.8 Å². The highest BCUT2D eigenvalue weighted by molar-refractivity contribution is 9.10. The van der Waals surface area contributed by atoms with E-state index in [0.29, 0.717) is 5.69 Å². The lowest BCUT2D eigenvalue weighted by Gasteiger charge is -2.04. The maximum Gasteiger partial charge on any atom is 0.450 e. The van der Waals surface area contributed by atoms with Gasteiger partial charge in [-0.1, -0.05) is 34.1 Å². The zero-order valence-electron chi connectivity index (χ0n) is 10.9. The number of hydrogen-bond acceptors (Lipinski definition) is 3. The van der Waals surface area contributed by atoms with Gasteiger partial charge in [-0.25, -0.2) is 0 Å². The molecule has 2 rings (SSSR count). The van der Waals surface area contributed by atoms with Gasteiger partial charge in [-0.2, -0.15) is 18.3 Å². The Hall–Kier alpha value is -2.16. The van der Waals surface area contributed by atoms with Gasteiger partial charge in [0.15, 0.2) is 5.82 Å². The number of hydrogen-bond donors (Lipinski definition) is 2. The number of ketones is 1. The molecular formula is C13H9BrF3N3O2. The van der Waals surface area contributed by atoms with Gasteiger partial charge in [0.2, 0.25) is 11.7 Å². The molecular weight excluding hydrogens is 367 g/mol. The lowest BCUT2D eigenvalue weighted by atomic mass is 10.1. The number of aromatic nitrogens is 2. The van der Waals surface area contributed by atoms with Crippen molar-refractivity contribution >= 4 is 33.4 Å². The Kier molecular flexibility index (Phi) is 4.65. The first-order valence-electron chi connectivity index (χ1n) is 5.97. The van der Waals surface area contributed by atoms with Gasteiger partial charge in [0.25, 0.3) is 0 Å². The summed E-state index contributed by atoms with van der Waals surface area (Å²) in [6, 6.07) is 8.65. The van der Waals surface area contributed by atoms with E-state index < -0.39 is 24.3 Å². The maximum absolute atomic E-state index is 12.1. The van der Waals surface area contributed by atoms with Gasteiger partial charge < -0.3 is 5.32 Å². The third kappa shape index (κ3) is 3.94. The van der Waals surface area contributed by atoms with E-state index in [1.165, 1.54) is 6.07 Å². The molecule has 0 saturated carbocycles. The predicted molar refractivity (Wildman–Crippen MR) is 76.0 cm³/mol. The summed E-state index contributed by atoms with van der Waals surface area (Å²) in [6.45, 7) is 0. The summed E-state index contributed by atoms with van der Waals surface area (Å²) in [5.41, 5.74) is 1.33. The molecule has 0 unspecified atom stereocenters. The number of halogens is 4. The number of carbonyl (C=O) groups is 2. The van der Waals surface area contributed by atoms with Gasteiger partial charge in [0, 0.05) is 16.1 Å². The van der Waals surface area contributed by atoms with Crippen LogP contribution in [-0.2, 0) is 9.59 Å². The molecule has 0 aliphatic heterocycles. The molecule has 9 heteroatoms. The van der Waals surface area contributed by atoms with Crippen LogP contribution in [0.4, 0.5) is 19.0 Å². The number of carbonyl (C=O) groups excluding carboxylic acids is 2. The van der Waals surface area contributed by atoms with Gasteiger partial charge >= 0.3 is 6.18 Å². The summed E-state index contributed by atoms with van der Waals surface area (Å²) in [5, 5.41) is 8.56. The molecule has 1 heterocycles. The van der Waals surface area contributed by atoms with Crippen LogP contribution in [-0.4, -0.2) is 28.1 Å². The topological polar surface area (TPSA) is 74.8 Å². The monoisotopic (exact) mass is 375 g/mol. The first kappa shape index (κ1) is 16.2. The molecule has 1 amide bonds. The molecule has 2 N–H and O–H groups in total. The zero-order valence-corrected chi connectivity index (χ0v) is 12.5. The van der Waals surface area contributed by atoms with E-state index in [0.717, 1.165) is 10.0 Å². The van der Waals surface area contributed by atoms with Crippen molar-refractivity contribution in [3.8, 4) is 11.3 Å². The third-order valence-electron chi connectivity index (χ3n) is 2.65. The molecule has 2 aromatic rings. The van der Waals surface area contributed by atoms with E-state index in [2.05, 4.69) is 31.4 Å². The number of amides is 1. The summed E-state index contributed by atoms with van der Waals surface area (Å²) in [5.74, 6) is -3.15. The van der Waals surface area contributed by atoms with E-state index in [1.54, 1.807) is 18.2 Å². The first-order valence-corrected chi connectivity index (χ1v) is 6.77. The minimum atomic E-state index is -5.02. The average Bonchev–Trinajstić information content (AvgIpc) is 2.86. The number of Topliss-reactive ketones (excluding diaryl/α,β-unsaturated/α-hetero) is 1. The summed E-state index contributed by atoms with van der Waals surface area (Å²) < 4.78 is 37.0. The molecule has 0 saturated heterocycles. The fraction of sp³-hybridized carbons (Fsp3) is 0.154. The van der Waals surface area contributed by atoms with Crippen molar-refractivity contribution in [1.29, 1.82) is 0 Å². The Labute approximate surface area is 131 Å². The highest BCUT2D eigenvalue weighted by Gasteiger charge is 2.39. The second-order valence-corrected chi connectivity index (χ2v) is 5.15. The minimum Gasteiger partial charge on any atom is -0.309 e. The van der Waals surface area contributed by atoms with Crippen LogP contribution in [0, 0.1) is 0 Å². The number of anilines is 1. The van der Waals surface area contributed by atoms with Crippen molar-refractivity contribution in [2.45, 2.75) is 12.6 Å². The van der Waals surface area contributed by atoms with Gasteiger partial charge in [-0.05, 0) is 6.07 Å². The Morgan fingerprint density at radius 3 is 2.59 bits per heavy atom. The van der Waals surface area contributed by atoms with Gasteiger partial charge in [0.05, 0.1) is 12.1 Å². The summed E-state index contributed by atoms with van der Waals surface area (Å²) in [6.07, 6.45) is -6.30. The Bertz CT molecular complexity index is 713. The minimum absolute atomic E-state index is 0.0331. The van der Waals surface area contributed by atoms with Crippen LogP contribution >= 0.6 is 15.9 Å². The van der Waals surface area contributed by atoms with Crippen molar-refractivity contribution in [3.63, 3.8) is 0 Å². The zero-order chi connectivity index (χ0) is 16.3. The normalized spacial score (nSPS) is 11.3. The van der Waals surface area contributed by atoms with Crippen LogP contribution in [0.1, 0.15) is 6.42 Å². The lowest BCUT2D eigenvalue weighted by Crippen LogP contribution is -2.27. The Morgan fingerprint density at radius 1 is 1.27 bits per heavy atom. The third-order valence-corrected chi connectivity index (χ3v) is 3.34. The van der Waals surface area contributed by atoms with E-state index in [9.17, 15) is 22.8 Å². The van der Waals surface area contributed by atoms with Crippen LogP contribution in [0.25, 0.3) is 11.3 Å². The van der Waals surface area contributed by atoms with E-state index in [4.69, 9.17) is 0 Å². The second-order valence-electron chi connectivity index (χ2n) is 4.29. The SMILES string of the molecule is O=C(CC(=O)C(F)(F)F)Nc1cc(-c2ccccc2Br)[nH]n1. The van der Waals surface area contributed by atoms with Gasteiger partial charge in [0.1, 0.15) is 0 Å². The van der Waals surface area contributed by atoms with Crippen LogP contribution in [0.3, 0.4) is 0 Å². The first-order chi connectivity index (χ1) is 10.3. The number of rotatable bonds is 4. The maximum atomic E-state index is 12.1. The Balaban J connectivity index is 2.05. The molecule has 22 heavy (non-hydrogen) atoms. The van der Waals surface area contributed by atoms with Crippen molar-refractivity contribution in [2.75, 3.05) is 5.32 Å². The molecule has 0 fully saturated rings. The summed E-state index contributed by atoms with van der Waals surface area (Å²) in [7, 11) is 0. The molecule has 0 atom stereocenters. The predicted octanol–water partition coefficient (Wildman–Crippen LogP) is 3.30. The van der Waals surface area contributed by atoms with Crippen LogP contribution in [0.5, 0.6) is 0 Å². The van der Waals surface area contributed by atoms with Crippen LogP contribution < -0.4 is 5.32 Å². The number of H-pyrrole nitrogens is 1. The fourth-order valence-corrected chi connectivity index (χ4v) is 2.13. The molecule has 1 aromatic heterocycles. The van der Waals surface area contributed by atoms with Gasteiger partial charge in [-0.3, -0.25) is 14.7 Å². The number of aromatic amines is 1. The second kappa shape index (κ2) is 6.30. The molecule has 116 valence electrons. The Morgan fingerprint density at radius 2 is 1.95 bits per heavy atom. The van der Waals surface area contributed by atoms with E-state index in [1.807, 2.05) is 6.07 Å². The smallest absolute Gasteiger partial charge is 0.309 e. The average molecular weight is 376 g/mol. The number of nitrogens with zero attached hydrogens (tertiary/aromatic N) is 1. The summed E-state index contributed by atoms with van der Waals surface area (Å²) >= 11 is 3.34. The molecule has 5 nitrogen and oxygen atoms in total. The molecule has 1 aromatic carbocycles. The fourth-order valence-electron chi connectivity index (χ4n) is 1.64. The lowest BCUT2D eigenvalue weighted by molar-refractivity contribution is -0.171. The van der Waals surface area contributed by atoms with Crippen molar-refractivity contribution < 1.29 is 22.8 Å². The quantitative estimate of drug-likeness (QED) is 0.805. The largest absolute Gasteiger partial charge is 0.450 e. The highest BCUT2D eigenvalue weighted by Crippen LogP contribution is 2.27. The molecule has 0 radical (unpaired) electrons. The molecule has 0 aliphatic carbocycles. The number of benzene rings is 1. The van der Waals surface area contributed by atoms with Crippen molar-refractivity contribution in [1.82, 2.24) is 10.2 Å². The summed E-state index contributed by atoms with van der Waals surface area (Å²) in [4.78, 5) is 22.1. The highest BCUT2D eigenvalue weighted by atomic mass is 79.9. The number of alkyl halides is 3. The number of nitrogens with one attached hydrogen (secondary N) is 2. The van der Waals surface area contributed by atoms with E-state index >= 15 is 0 Å². The van der Waals surface area contributed by atoms with Crippen LogP contribution in [0.2, 0.25) is 0 Å². The molecule has 0 spiro atoms. The molecule has 0 aliphatic rings. The van der Waals surface area contributed by atoms with Crippen molar-refractivity contribution in [2.24, 2.45) is 0 Å².